The molecule has 1 aromatic heterocycles. The molecule has 1 heterocycles. The molecule has 5 nitrogen and oxygen atoms in total. The molecule has 1 amide bonds. The molecule has 21 heavy (non-hydrogen) atoms. The van der Waals surface area contributed by atoms with Gasteiger partial charge in [0.1, 0.15) is 0 Å². The number of carbonyl (C=O) groups is 1. The number of nitrogen functional groups attached to an aromatic ring is 1. The number of carbonyl (C=O) groups excluding carboxylic acids is 1. The second-order valence-corrected chi connectivity index (χ2v) is 5.73. The number of anilines is 2. The van der Waals surface area contributed by atoms with E-state index in [1.807, 2.05) is 0 Å². The fraction of sp³-hybridized carbons (Fsp3) is 0.385. The zero-order valence-electron chi connectivity index (χ0n) is 11.5. The second kappa shape index (κ2) is 6.77. The molecular formula is C13H16F2N4OS. The van der Waals surface area contributed by atoms with Crippen molar-refractivity contribution in [3.63, 3.8) is 0 Å². The van der Waals surface area contributed by atoms with E-state index in [2.05, 4.69) is 10.3 Å². The summed E-state index contributed by atoms with van der Waals surface area (Å²) in [6.45, 7) is -0.0677. The van der Waals surface area contributed by atoms with Gasteiger partial charge in [0.05, 0.1) is 16.8 Å². The van der Waals surface area contributed by atoms with E-state index in [9.17, 15) is 13.6 Å². The number of fused-ring (bicyclic) bond motifs is 1. The zero-order valence-corrected chi connectivity index (χ0v) is 12.3. The summed E-state index contributed by atoms with van der Waals surface area (Å²) in [4.78, 5) is 17.4. The SMILES string of the molecule is CN(CCC(=O)Nc1nc2ccc(N)cc2s1)CC(F)F. The Labute approximate surface area is 124 Å². The summed E-state index contributed by atoms with van der Waals surface area (Å²) in [6, 6.07) is 5.32. The van der Waals surface area contributed by atoms with E-state index in [1.165, 1.54) is 16.2 Å². The summed E-state index contributed by atoms with van der Waals surface area (Å²) in [5.74, 6) is -0.247. The van der Waals surface area contributed by atoms with Gasteiger partial charge >= 0.3 is 0 Å². The number of thiazole rings is 1. The molecule has 1 aromatic carbocycles. The first-order valence-electron chi connectivity index (χ1n) is 6.36. The van der Waals surface area contributed by atoms with Crippen LogP contribution in [0.2, 0.25) is 0 Å². The monoisotopic (exact) mass is 314 g/mol. The molecule has 0 saturated carbocycles. The average molecular weight is 314 g/mol. The first-order valence-corrected chi connectivity index (χ1v) is 7.18. The van der Waals surface area contributed by atoms with Gasteiger partial charge in [0.15, 0.2) is 5.13 Å². The lowest BCUT2D eigenvalue weighted by Gasteiger charge is -2.14. The van der Waals surface area contributed by atoms with Crippen molar-refractivity contribution in [2.24, 2.45) is 0 Å². The van der Waals surface area contributed by atoms with Crippen LogP contribution in [0.3, 0.4) is 0 Å². The molecule has 0 fully saturated rings. The maximum absolute atomic E-state index is 12.1. The van der Waals surface area contributed by atoms with Gasteiger partial charge in [-0.2, -0.15) is 0 Å². The standard InChI is InChI=1S/C13H16F2N4OS/c1-19(7-11(14)15)5-4-12(20)18-13-17-9-3-2-8(16)6-10(9)21-13/h2-3,6,11H,4-5,7,16H2,1H3,(H,17,18,20). The lowest BCUT2D eigenvalue weighted by molar-refractivity contribution is -0.116. The number of hydrogen-bond donors (Lipinski definition) is 2. The molecule has 0 bridgehead atoms. The summed E-state index contributed by atoms with van der Waals surface area (Å²) < 4.78 is 25.2. The van der Waals surface area contributed by atoms with Crippen molar-refractivity contribution in [1.82, 2.24) is 9.88 Å². The molecule has 0 aliphatic rings. The number of benzene rings is 1. The molecule has 8 heteroatoms. The summed E-state index contributed by atoms with van der Waals surface area (Å²) >= 11 is 1.33. The Morgan fingerprint density at radius 2 is 2.29 bits per heavy atom. The van der Waals surface area contributed by atoms with E-state index in [4.69, 9.17) is 5.73 Å². The van der Waals surface area contributed by atoms with Crippen molar-refractivity contribution >= 4 is 38.3 Å². The molecule has 0 aliphatic heterocycles. The molecule has 3 N–H and O–H groups in total. The maximum atomic E-state index is 12.1. The van der Waals surface area contributed by atoms with Gasteiger partial charge in [-0.1, -0.05) is 11.3 Å². The highest BCUT2D eigenvalue weighted by atomic mass is 32.1. The number of rotatable bonds is 6. The second-order valence-electron chi connectivity index (χ2n) is 4.70. The van der Waals surface area contributed by atoms with Gasteiger partial charge in [-0.25, -0.2) is 13.8 Å². The van der Waals surface area contributed by atoms with Crippen LogP contribution in [0, 0.1) is 0 Å². The average Bonchev–Trinajstić information content (AvgIpc) is 2.76. The van der Waals surface area contributed by atoms with Gasteiger partial charge in [-0.05, 0) is 25.2 Å². The minimum absolute atomic E-state index is 0.140. The summed E-state index contributed by atoms with van der Waals surface area (Å²) in [6.07, 6.45) is -2.26. The summed E-state index contributed by atoms with van der Waals surface area (Å²) in [5, 5.41) is 3.16. The minimum Gasteiger partial charge on any atom is -0.399 e. The van der Waals surface area contributed by atoms with Crippen LogP contribution in [0.4, 0.5) is 19.6 Å². The van der Waals surface area contributed by atoms with Crippen molar-refractivity contribution in [2.45, 2.75) is 12.8 Å². The lowest BCUT2D eigenvalue weighted by Crippen LogP contribution is -2.28. The molecule has 0 spiro atoms. The number of aromatic nitrogens is 1. The van der Waals surface area contributed by atoms with Gasteiger partial charge in [0, 0.05) is 18.7 Å². The van der Waals surface area contributed by atoms with Crippen molar-refractivity contribution in [3.8, 4) is 0 Å². The third-order valence-electron chi connectivity index (χ3n) is 2.83. The third-order valence-corrected chi connectivity index (χ3v) is 3.76. The molecule has 2 aromatic rings. The van der Waals surface area contributed by atoms with E-state index in [-0.39, 0.29) is 25.4 Å². The number of nitrogens with one attached hydrogen (secondary N) is 1. The van der Waals surface area contributed by atoms with Crippen LogP contribution in [0.25, 0.3) is 10.2 Å². The van der Waals surface area contributed by atoms with Crippen LogP contribution in [0.1, 0.15) is 6.42 Å². The van der Waals surface area contributed by atoms with E-state index in [1.54, 1.807) is 25.2 Å². The molecule has 2 rings (SSSR count). The molecule has 114 valence electrons. The fourth-order valence-corrected chi connectivity index (χ4v) is 2.73. The van der Waals surface area contributed by atoms with E-state index >= 15 is 0 Å². The smallest absolute Gasteiger partial charge is 0.251 e. The predicted molar refractivity (Wildman–Crippen MR) is 80.8 cm³/mol. The Kier molecular flexibility index (Phi) is 5.03. The van der Waals surface area contributed by atoms with Crippen molar-refractivity contribution in [2.75, 3.05) is 31.2 Å². The van der Waals surface area contributed by atoms with Crippen molar-refractivity contribution < 1.29 is 13.6 Å². The van der Waals surface area contributed by atoms with Crippen LogP contribution in [0.15, 0.2) is 18.2 Å². The van der Waals surface area contributed by atoms with Crippen LogP contribution < -0.4 is 11.1 Å². The number of halogens is 2. The largest absolute Gasteiger partial charge is 0.399 e. The number of alkyl halides is 2. The van der Waals surface area contributed by atoms with Crippen LogP contribution >= 0.6 is 11.3 Å². The molecule has 0 unspecified atom stereocenters. The Morgan fingerprint density at radius 3 is 3.00 bits per heavy atom. The highest BCUT2D eigenvalue weighted by Crippen LogP contribution is 2.27. The van der Waals surface area contributed by atoms with Gasteiger partial charge in [-0.3, -0.25) is 4.79 Å². The van der Waals surface area contributed by atoms with Gasteiger partial charge in [0.2, 0.25) is 5.91 Å². The number of nitrogens with two attached hydrogens (primary N) is 1. The van der Waals surface area contributed by atoms with E-state index < -0.39 is 6.43 Å². The molecule has 0 atom stereocenters. The van der Waals surface area contributed by atoms with Gasteiger partial charge in [0.25, 0.3) is 6.43 Å². The number of amides is 1. The first-order chi connectivity index (χ1) is 9.94. The Balaban J connectivity index is 1.89. The van der Waals surface area contributed by atoms with E-state index in [0.29, 0.717) is 10.8 Å². The number of hydrogen-bond acceptors (Lipinski definition) is 5. The Hall–Kier alpha value is -1.80. The third kappa shape index (κ3) is 4.61. The quantitative estimate of drug-likeness (QED) is 0.803. The predicted octanol–water partition coefficient (Wildman–Crippen LogP) is 2.40. The normalized spacial score (nSPS) is 11.5. The van der Waals surface area contributed by atoms with Crippen LogP contribution in [0.5, 0.6) is 0 Å². The Bertz CT molecular complexity index is 632. The highest BCUT2D eigenvalue weighted by Gasteiger charge is 2.11. The van der Waals surface area contributed by atoms with E-state index in [0.717, 1.165) is 10.2 Å². The minimum atomic E-state index is -2.40. The molecular weight excluding hydrogens is 298 g/mol. The summed E-state index contributed by atoms with van der Waals surface area (Å²) in [7, 11) is 1.56. The van der Waals surface area contributed by atoms with Crippen molar-refractivity contribution in [3.05, 3.63) is 18.2 Å². The topological polar surface area (TPSA) is 71.2 Å². The van der Waals surface area contributed by atoms with Crippen LogP contribution in [-0.2, 0) is 4.79 Å². The first kappa shape index (κ1) is 15.6. The Morgan fingerprint density at radius 1 is 1.52 bits per heavy atom. The highest BCUT2D eigenvalue weighted by molar-refractivity contribution is 7.22. The molecule has 0 saturated heterocycles. The molecule has 0 radical (unpaired) electrons. The summed E-state index contributed by atoms with van der Waals surface area (Å²) in [5.41, 5.74) is 7.08. The number of nitrogens with zero attached hydrogens (tertiary/aromatic N) is 2. The van der Waals surface area contributed by atoms with Crippen LogP contribution in [-0.4, -0.2) is 42.4 Å². The lowest BCUT2D eigenvalue weighted by atomic mass is 10.3. The van der Waals surface area contributed by atoms with Crippen molar-refractivity contribution in [1.29, 1.82) is 0 Å². The fourth-order valence-electron chi connectivity index (χ4n) is 1.80. The van der Waals surface area contributed by atoms with Gasteiger partial charge in [-0.15, -0.1) is 0 Å². The zero-order chi connectivity index (χ0) is 15.4. The molecule has 0 aliphatic carbocycles. The maximum Gasteiger partial charge on any atom is 0.251 e. The van der Waals surface area contributed by atoms with Gasteiger partial charge < -0.3 is 16.0 Å².